The lowest BCUT2D eigenvalue weighted by Crippen LogP contribution is -2.30. The summed E-state index contributed by atoms with van der Waals surface area (Å²) < 4.78 is 41.5. The van der Waals surface area contributed by atoms with Gasteiger partial charge in [-0.1, -0.05) is 12.1 Å². The molecule has 0 aliphatic carbocycles. The summed E-state index contributed by atoms with van der Waals surface area (Å²) in [7, 11) is 0. The summed E-state index contributed by atoms with van der Waals surface area (Å²) in [5.74, 6) is -5.05. The van der Waals surface area contributed by atoms with Crippen molar-refractivity contribution in [1.29, 1.82) is 0 Å². The lowest BCUT2D eigenvalue weighted by atomic mass is 10.1. The van der Waals surface area contributed by atoms with Gasteiger partial charge in [0.2, 0.25) is 5.92 Å². The predicted octanol–water partition coefficient (Wildman–Crippen LogP) is 3.75. The van der Waals surface area contributed by atoms with E-state index in [2.05, 4.69) is 15.3 Å². The number of carbonyl (C=O) groups excluding carboxylic acids is 2. The van der Waals surface area contributed by atoms with Gasteiger partial charge < -0.3 is 16.0 Å². The number of hydrogen-bond acceptors (Lipinski definition) is 5. The van der Waals surface area contributed by atoms with Crippen molar-refractivity contribution in [2.24, 2.45) is 5.73 Å². The number of nitrogens with zero attached hydrogens (tertiary/aromatic N) is 3. The van der Waals surface area contributed by atoms with Crippen molar-refractivity contribution in [3.8, 4) is 0 Å². The Labute approximate surface area is 181 Å². The minimum absolute atomic E-state index is 0.0165. The molecule has 1 aliphatic heterocycles. The van der Waals surface area contributed by atoms with Gasteiger partial charge in [0.1, 0.15) is 5.82 Å². The molecule has 1 fully saturated rings. The molecule has 10 heteroatoms. The highest BCUT2D eigenvalue weighted by Gasteiger charge is 2.33. The second kappa shape index (κ2) is 8.45. The van der Waals surface area contributed by atoms with Gasteiger partial charge in [0.05, 0.1) is 16.6 Å². The van der Waals surface area contributed by atoms with E-state index >= 15 is 0 Å². The second-order valence-corrected chi connectivity index (χ2v) is 7.59. The number of anilines is 2. The first-order valence-electron chi connectivity index (χ1n) is 10.0. The largest absolute Gasteiger partial charge is 0.366 e. The number of hydrogen-bond donors (Lipinski definition) is 2. The van der Waals surface area contributed by atoms with E-state index in [4.69, 9.17) is 5.73 Å². The van der Waals surface area contributed by atoms with Gasteiger partial charge >= 0.3 is 0 Å². The Morgan fingerprint density at radius 1 is 1.03 bits per heavy atom. The van der Waals surface area contributed by atoms with Gasteiger partial charge in [0, 0.05) is 31.6 Å². The zero-order chi connectivity index (χ0) is 22.9. The highest BCUT2D eigenvalue weighted by molar-refractivity contribution is 6.07. The van der Waals surface area contributed by atoms with Crippen molar-refractivity contribution in [1.82, 2.24) is 9.97 Å². The Morgan fingerprint density at radius 3 is 2.47 bits per heavy atom. The van der Waals surface area contributed by atoms with Gasteiger partial charge in [-0.3, -0.25) is 9.59 Å². The fourth-order valence-corrected chi connectivity index (χ4v) is 3.62. The van der Waals surface area contributed by atoms with E-state index < -0.39 is 23.6 Å². The number of rotatable bonds is 4. The third kappa shape index (κ3) is 4.48. The van der Waals surface area contributed by atoms with Gasteiger partial charge in [-0.05, 0) is 36.8 Å². The van der Waals surface area contributed by atoms with Crippen LogP contribution >= 0.6 is 0 Å². The van der Waals surface area contributed by atoms with Crippen LogP contribution in [0, 0.1) is 5.82 Å². The standard InChI is InChI=1S/C22H20F3N5O2/c23-15-7-6-13(12-14(15)19(26)31)27-21(32)18-20(29-17-5-2-1-4-16(17)28-18)30-10-3-8-22(24,25)9-11-30/h1-2,4-7,12H,3,8-11H2,(H2,26,31)(H,27,32). The molecule has 2 amide bonds. The van der Waals surface area contributed by atoms with Crippen molar-refractivity contribution in [2.75, 3.05) is 23.3 Å². The maximum atomic E-state index is 13.9. The topological polar surface area (TPSA) is 101 Å². The highest BCUT2D eigenvalue weighted by Crippen LogP contribution is 2.31. The maximum absolute atomic E-state index is 13.9. The molecule has 32 heavy (non-hydrogen) atoms. The average Bonchev–Trinajstić information content (AvgIpc) is 2.94. The molecule has 2 heterocycles. The minimum atomic E-state index is -2.78. The smallest absolute Gasteiger partial charge is 0.278 e. The fourth-order valence-electron chi connectivity index (χ4n) is 3.62. The molecule has 0 unspecified atom stereocenters. The van der Waals surface area contributed by atoms with Gasteiger partial charge in [0.25, 0.3) is 11.8 Å². The number of aromatic nitrogens is 2. The molecule has 166 valence electrons. The van der Waals surface area contributed by atoms with Crippen LogP contribution in [0.4, 0.5) is 24.7 Å². The summed E-state index contributed by atoms with van der Waals surface area (Å²) in [4.78, 5) is 35.1. The zero-order valence-corrected chi connectivity index (χ0v) is 16.9. The van der Waals surface area contributed by atoms with E-state index in [1.165, 1.54) is 6.07 Å². The summed E-state index contributed by atoms with van der Waals surface area (Å²) in [6.45, 7) is 0.313. The van der Waals surface area contributed by atoms with Crippen molar-refractivity contribution in [2.45, 2.75) is 25.2 Å². The number of alkyl halides is 2. The van der Waals surface area contributed by atoms with Crippen LogP contribution in [0.15, 0.2) is 42.5 Å². The van der Waals surface area contributed by atoms with Crippen LogP contribution in [0.3, 0.4) is 0 Å². The van der Waals surface area contributed by atoms with E-state index in [9.17, 15) is 22.8 Å². The second-order valence-electron chi connectivity index (χ2n) is 7.59. The van der Waals surface area contributed by atoms with Crippen LogP contribution in [0.25, 0.3) is 11.0 Å². The predicted molar refractivity (Wildman–Crippen MR) is 113 cm³/mol. The van der Waals surface area contributed by atoms with Gasteiger partial charge in [-0.25, -0.2) is 23.1 Å². The summed E-state index contributed by atoms with van der Waals surface area (Å²) >= 11 is 0. The third-order valence-electron chi connectivity index (χ3n) is 5.27. The third-order valence-corrected chi connectivity index (χ3v) is 5.27. The fraction of sp³-hybridized carbons (Fsp3) is 0.273. The van der Waals surface area contributed by atoms with Crippen molar-refractivity contribution in [3.05, 3.63) is 59.5 Å². The van der Waals surface area contributed by atoms with Crippen LogP contribution in [0.2, 0.25) is 0 Å². The highest BCUT2D eigenvalue weighted by atomic mass is 19.3. The van der Waals surface area contributed by atoms with Crippen molar-refractivity contribution in [3.63, 3.8) is 0 Å². The number of para-hydroxylation sites is 2. The minimum Gasteiger partial charge on any atom is -0.366 e. The van der Waals surface area contributed by atoms with E-state index in [-0.39, 0.29) is 48.6 Å². The molecule has 0 saturated carbocycles. The number of benzene rings is 2. The molecule has 0 radical (unpaired) electrons. The van der Waals surface area contributed by atoms with Crippen LogP contribution in [0.5, 0.6) is 0 Å². The van der Waals surface area contributed by atoms with Crippen molar-refractivity contribution >= 4 is 34.4 Å². The van der Waals surface area contributed by atoms with E-state index in [0.717, 1.165) is 12.1 Å². The Hall–Kier alpha value is -3.69. The van der Waals surface area contributed by atoms with Crippen molar-refractivity contribution < 1.29 is 22.8 Å². The zero-order valence-electron chi connectivity index (χ0n) is 16.9. The molecule has 0 bridgehead atoms. The first-order chi connectivity index (χ1) is 15.2. The number of primary amides is 1. The quantitative estimate of drug-likeness (QED) is 0.640. The number of halogens is 3. The van der Waals surface area contributed by atoms with Crippen LogP contribution in [-0.2, 0) is 0 Å². The molecular formula is C22H20F3N5O2. The molecule has 0 spiro atoms. The van der Waals surface area contributed by atoms with E-state index in [0.29, 0.717) is 17.6 Å². The van der Waals surface area contributed by atoms with Gasteiger partial charge in [0.15, 0.2) is 11.5 Å². The number of nitrogens with two attached hydrogens (primary N) is 1. The Kier molecular flexibility index (Phi) is 5.68. The molecule has 0 atom stereocenters. The molecule has 7 nitrogen and oxygen atoms in total. The maximum Gasteiger partial charge on any atom is 0.278 e. The van der Waals surface area contributed by atoms with E-state index in [1.807, 2.05) is 0 Å². The Morgan fingerprint density at radius 2 is 1.75 bits per heavy atom. The van der Waals surface area contributed by atoms with E-state index in [1.54, 1.807) is 29.2 Å². The van der Waals surface area contributed by atoms with Gasteiger partial charge in [-0.15, -0.1) is 0 Å². The molecule has 1 saturated heterocycles. The number of fused-ring (bicyclic) bond motifs is 1. The molecular weight excluding hydrogens is 423 g/mol. The SMILES string of the molecule is NC(=O)c1cc(NC(=O)c2nc3ccccc3nc2N2CCCC(F)(F)CC2)ccc1F. The number of carbonyl (C=O) groups is 2. The molecule has 1 aromatic heterocycles. The summed E-state index contributed by atoms with van der Waals surface area (Å²) in [6.07, 6.45) is -0.359. The monoisotopic (exact) mass is 443 g/mol. The first-order valence-corrected chi connectivity index (χ1v) is 10.0. The van der Waals surface area contributed by atoms with Gasteiger partial charge in [-0.2, -0.15) is 0 Å². The Balaban J connectivity index is 1.72. The lowest BCUT2D eigenvalue weighted by Gasteiger charge is -2.24. The average molecular weight is 443 g/mol. The molecule has 2 aromatic carbocycles. The summed E-state index contributed by atoms with van der Waals surface area (Å²) in [5, 5.41) is 2.57. The molecule has 3 N–H and O–H groups in total. The number of amides is 2. The van der Waals surface area contributed by atoms with Crippen LogP contribution < -0.4 is 16.0 Å². The molecule has 4 rings (SSSR count). The first kappa shape index (κ1) is 21.5. The molecule has 1 aliphatic rings. The summed E-state index contributed by atoms with van der Waals surface area (Å²) in [6, 6.07) is 10.3. The van der Waals surface area contributed by atoms with Crippen LogP contribution in [-0.4, -0.2) is 40.8 Å². The van der Waals surface area contributed by atoms with Crippen LogP contribution in [0.1, 0.15) is 40.1 Å². The Bertz CT molecular complexity index is 1200. The normalized spacial score (nSPS) is 15.9. The lowest BCUT2D eigenvalue weighted by molar-refractivity contribution is -0.0102. The number of nitrogens with one attached hydrogen (secondary N) is 1. The molecule has 3 aromatic rings. The summed E-state index contributed by atoms with van der Waals surface area (Å²) in [5.41, 5.74) is 5.85.